The van der Waals surface area contributed by atoms with Crippen LogP contribution >= 0.6 is 0 Å². The monoisotopic (exact) mass is 284 g/mol. The molecule has 1 aromatic carbocycles. The standard InChI is InChI=1S/C16H20N4O/c1-11-14(18-19-17-11)15(21)20-9-13(16(2,3)10-20)12-7-5-4-6-8-12/h4-8,13H,9-10H2,1-3H3,(H,17,18,19)/t13-/m1/s1. The van der Waals surface area contributed by atoms with E-state index in [0.717, 1.165) is 13.1 Å². The highest BCUT2D eigenvalue weighted by Crippen LogP contribution is 2.42. The number of H-pyrrole nitrogens is 1. The van der Waals surface area contributed by atoms with Gasteiger partial charge in [0.2, 0.25) is 0 Å². The van der Waals surface area contributed by atoms with Gasteiger partial charge in [-0.2, -0.15) is 15.4 Å². The van der Waals surface area contributed by atoms with Crippen LogP contribution in [0.4, 0.5) is 0 Å². The molecule has 0 bridgehead atoms. The molecule has 110 valence electrons. The topological polar surface area (TPSA) is 61.9 Å². The van der Waals surface area contributed by atoms with Crippen LogP contribution in [0.1, 0.15) is 41.5 Å². The van der Waals surface area contributed by atoms with Crippen LogP contribution in [0.15, 0.2) is 30.3 Å². The second-order valence-electron chi connectivity index (χ2n) is 6.40. The van der Waals surface area contributed by atoms with Crippen molar-refractivity contribution in [1.29, 1.82) is 0 Å². The molecule has 0 aliphatic carbocycles. The first-order valence-electron chi connectivity index (χ1n) is 7.20. The summed E-state index contributed by atoms with van der Waals surface area (Å²) < 4.78 is 0. The number of nitrogens with one attached hydrogen (secondary N) is 1. The predicted octanol–water partition coefficient (Wildman–Crippen LogP) is 2.38. The highest BCUT2D eigenvalue weighted by molar-refractivity contribution is 5.93. The quantitative estimate of drug-likeness (QED) is 0.921. The van der Waals surface area contributed by atoms with Gasteiger partial charge in [-0.1, -0.05) is 44.2 Å². The highest BCUT2D eigenvalue weighted by Gasteiger charge is 2.42. The first kappa shape index (κ1) is 13.8. The number of nitrogens with zero attached hydrogens (tertiary/aromatic N) is 3. The fourth-order valence-corrected chi connectivity index (χ4v) is 3.17. The second-order valence-corrected chi connectivity index (χ2v) is 6.40. The number of carbonyl (C=O) groups excluding carboxylic acids is 1. The number of amides is 1. The number of hydrogen-bond acceptors (Lipinski definition) is 3. The van der Waals surface area contributed by atoms with Gasteiger partial charge in [-0.25, -0.2) is 0 Å². The van der Waals surface area contributed by atoms with Crippen molar-refractivity contribution in [3.05, 3.63) is 47.3 Å². The minimum atomic E-state index is -0.0345. The zero-order chi connectivity index (χ0) is 15.0. The molecule has 1 aliphatic rings. The second kappa shape index (κ2) is 4.98. The first-order valence-corrected chi connectivity index (χ1v) is 7.20. The smallest absolute Gasteiger partial charge is 0.276 e. The van der Waals surface area contributed by atoms with Gasteiger partial charge in [-0.3, -0.25) is 4.79 Å². The van der Waals surface area contributed by atoms with E-state index < -0.39 is 0 Å². The molecule has 21 heavy (non-hydrogen) atoms. The Morgan fingerprint density at radius 1 is 1.29 bits per heavy atom. The van der Waals surface area contributed by atoms with Crippen LogP contribution in [-0.2, 0) is 0 Å². The van der Waals surface area contributed by atoms with Crippen LogP contribution in [0.2, 0.25) is 0 Å². The Balaban J connectivity index is 1.85. The van der Waals surface area contributed by atoms with Crippen molar-refractivity contribution in [1.82, 2.24) is 20.3 Å². The molecule has 1 fully saturated rings. The summed E-state index contributed by atoms with van der Waals surface area (Å²) in [5.74, 6) is 0.308. The van der Waals surface area contributed by atoms with E-state index in [4.69, 9.17) is 0 Å². The molecule has 1 amide bonds. The summed E-state index contributed by atoms with van der Waals surface area (Å²) in [5, 5.41) is 10.4. The Morgan fingerprint density at radius 2 is 2.00 bits per heavy atom. The number of aryl methyl sites for hydroxylation is 1. The molecular weight excluding hydrogens is 264 g/mol. The van der Waals surface area contributed by atoms with Gasteiger partial charge < -0.3 is 4.90 Å². The molecule has 5 nitrogen and oxygen atoms in total. The Bertz CT molecular complexity index is 647. The average Bonchev–Trinajstić information content (AvgIpc) is 3.02. The van der Waals surface area contributed by atoms with Crippen molar-refractivity contribution in [3.63, 3.8) is 0 Å². The molecule has 0 unspecified atom stereocenters. The molecule has 1 aliphatic heterocycles. The fourth-order valence-electron chi connectivity index (χ4n) is 3.17. The Hall–Kier alpha value is -2.17. The maximum absolute atomic E-state index is 12.6. The van der Waals surface area contributed by atoms with Crippen LogP contribution in [0.25, 0.3) is 0 Å². The third-order valence-corrected chi connectivity index (χ3v) is 4.36. The van der Waals surface area contributed by atoms with Gasteiger partial charge in [-0.15, -0.1) is 0 Å². The highest BCUT2D eigenvalue weighted by atomic mass is 16.2. The van der Waals surface area contributed by atoms with E-state index in [1.54, 1.807) is 6.92 Å². The van der Waals surface area contributed by atoms with E-state index in [0.29, 0.717) is 17.3 Å². The largest absolute Gasteiger partial charge is 0.336 e. The van der Waals surface area contributed by atoms with Gasteiger partial charge in [-0.05, 0) is 17.9 Å². The van der Waals surface area contributed by atoms with Gasteiger partial charge in [0.05, 0.1) is 5.69 Å². The minimum absolute atomic E-state index is 0.0345. The molecule has 1 atom stereocenters. The van der Waals surface area contributed by atoms with Gasteiger partial charge in [0.1, 0.15) is 0 Å². The van der Waals surface area contributed by atoms with Crippen LogP contribution in [0.5, 0.6) is 0 Å². The molecule has 0 radical (unpaired) electrons. The van der Waals surface area contributed by atoms with Crippen molar-refractivity contribution < 1.29 is 4.79 Å². The van der Waals surface area contributed by atoms with Gasteiger partial charge in [0.15, 0.2) is 5.69 Å². The van der Waals surface area contributed by atoms with Gasteiger partial charge >= 0.3 is 0 Å². The van der Waals surface area contributed by atoms with Crippen LogP contribution in [0.3, 0.4) is 0 Å². The van der Waals surface area contributed by atoms with E-state index in [1.807, 2.05) is 11.0 Å². The van der Waals surface area contributed by atoms with E-state index in [-0.39, 0.29) is 11.3 Å². The lowest BCUT2D eigenvalue weighted by molar-refractivity contribution is 0.0771. The van der Waals surface area contributed by atoms with E-state index in [9.17, 15) is 4.79 Å². The SMILES string of the molecule is Cc1n[nH]nc1C(=O)N1C[C@H](c2ccccc2)C(C)(C)C1. The van der Waals surface area contributed by atoms with Crippen molar-refractivity contribution in [3.8, 4) is 0 Å². The number of rotatable bonds is 2. The molecule has 3 rings (SSSR count). The van der Waals surface area contributed by atoms with Crippen molar-refractivity contribution in [2.45, 2.75) is 26.7 Å². The molecule has 1 N–H and O–H groups in total. The third-order valence-electron chi connectivity index (χ3n) is 4.36. The van der Waals surface area contributed by atoms with Gasteiger partial charge in [0.25, 0.3) is 5.91 Å². The molecule has 5 heteroatoms. The molecule has 0 saturated carbocycles. The zero-order valence-corrected chi connectivity index (χ0v) is 12.6. The maximum atomic E-state index is 12.6. The van der Waals surface area contributed by atoms with Crippen LogP contribution in [0, 0.1) is 12.3 Å². The fraction of sp³-hybridized carbons (Fsp3) is 0.438. The summed E-state index contributed by atoms with van der Waals surface area (Å²) in [6.07, 6.45) is 0. The molecule has 2 aromatic rings. The molecular formula is C16H20N4O. The number of aromatic amines is 1. The molecule has 2 heterocycles. The summed E-state index contributed by atoms with van der Waals surface area (Å²) in [6.45, 7) is 7.69. The van der Waals surface area contributed by atoms with Crippen molar-refractivity contribution >= 4 is 5.91 Å². The number of aromatic nitrogens is 3. The summed E-state index contributed by atoms with van der Waals surface area (Å²) in [6, 6.07) is 10.4. The number of carbonyl (C=O) groups is 1. The lowest BCUT2D eigenvalue weighted by atomic mass is 9.78. The maximum Gasteiger partial charge on any atom is 0.276 e. The van der Waals surface area contributed by atoms with E-state index in [2.05, 4.69) is 53.5 Å². The number of likely N-dealkylation sites (tertiary alicyclic amines) is 1. The average molecular weight is 284 g/mol. The van der Waals surface area contributed by atoms with Crippen molar-refractivity contribution in [2.24, 2.45) is 5.41 Å². The lowest BCUT2D eigenvalue weighted by Gasteiger charge is -2.25. The van der Waals surface area contributed by atoms with Crippen LogP contribution < -0.4 is 0 Å². The van der Waals surface area contributed by atoms with E-state index >= 15 is 0 Å². The summed E-state index contributed by atoms with van der Waals surface area (Å²) in [7, 11) is 0. The Kier molecular flexibility index (Phi) is 3.27. The van der Waals surface area contributed by atoms with Crippen molar-refractivity contribution in [2.75, 3.05) is 13.1 Å². The van der Waals surface area contributed by atoms with Gasteiger partial charge in [0, 0.05) is 19.0 Å². The normalized spacial score (nSPS) is 20.7. The first-order chi connectivity index (χ1) is 9.99. The molecule has 1 saturated heterocycles. The lowest BCUT2D eigenvalue weighted by Crippen LogP contribution is -2.31. The summed E-state index contributed by atoms with van der Waals surface area (Å²) in [5.41, 5.74) is 2.42. The zero-order valence-electron chi connectivity index (χ0n) is 12.6. The van der Waals surface area contributed by atoms with Crippen LogP contribution in [-0.4, -0.2) is 39.3 Å². The number of benzene rings is 1. The van der Waals surface area contributed by atoms with E-state index in [1.165, 1.54) is 5.56 Å². The number of hydrogen-bond donors (Lipinski definition) is 1. The minimum Gasteiger partial charge on any atom is -0.336 e. The molecule has 0 spiro atoms. The molecule has 1 aromatic heterocycles. The Morgan fingerprint density at radius 3 is 2.62 bits per heavy atom. The summed E-state index contributed by atoms with van der Waals surface area (Å²) >= 11 is 0. The Labute approximate surface area is 124 Å². The summed E-state index contributed by atoms with van der Waals surface area (Å²) in [4.78, 5) is 14.5. The predicted molar refractivity (Wildman–Crippen MR) is 80.0 cm³/mol. The third kappa shape index (κ3) is 2.44.